The highest BCUT2D eigenvalue weighted by Gasteiger charge is 2.07. The molecule has 0 aliphatic carbocycles. The van der Waals surface area contributed by atoms with E-state index in [1.807, 2.05) is 47.8 Å². The van der Waals surface area contributed by atoms with Crippen molar-refractivity contribution in [1.82, 2.24) is 10.4 Å². The molecule has 0 aliphatic heterocycles. The number of aromatic nitrogens is 1. The number of benzene rings is 3. The summed E-state index contributed by atoms with van der Waals surface area (Å²) in [5, 5.41) is 19.6. The molecule has 4 rings (SSSR count). The Balaban J connectivity index is 1.36. The quantitative estimate of drug-likeness (QED) is 0.305. The summed E-state index contributed by atoms with van der Waals surface area (Å²) in [4.78, 5) is 16.8. The minimum Gasteiger partial charge on any atom is -0.507 e. The molecule has 0 saturated carbocycles. The molecule has 4 aromatic rings. The van der Waals surface area contributed by atoms with Crippen LogP contribution < -0.4 is 10.7 Å². The Morgan fingerprint density at radius 2 is 1.70 bits per heavy atom. The van der Waals surface area contributed by atoms with Gasteiger partial charge in [0.2, 0.25) is 0 Å². The van der Waals surface area contributed by atoms with Gasteiger partial charge in [-0.15, -0.1) is 11.3 Å². The van der Waals surface area contributed by atoms with Gasteiger partial charge in [-0.05, 0) is 36.4 Å². The van der Waals surface area contributed by atoms with Crippen LogP contribution in [0, 0.1) is 0 Å². The van der Waals surface area contributed by atoms with E-state index >= 15 is 0 Å². The van der Waals surface area contributed by atoms with Gasteiger partial charge < -0.3 is 10.4 Å². The van der Waals surface area contributed by atoms with E-state index in [-0.39, 0.29) is 11.7 Å². The average molecular weight is 414 g/mol. The summed E-state index contributed by atoms with van der Waals surface area (Å²) in [5.74, 6) is -0.239. The fraction of sp³-hybridized carbons (Fsp3) is 0. The maximum absolute atomic E-state index is 12.2. The highest BCUT2D eigenvalue weighted by atomic mass is 32.1. The first kappa shape index (κ1) is 19.4. The third kappa shape index (κ3) is 4.71. The van der Waals surface area contributed by atoms with Crippen LogP contribution in [0.2, 0.25) is 0 Å². The summed E-state index contributed by atoms with van der Waals surface area (Å²) in [6.07, 6.45) is 1.40. The molecule has 0 saturated heterocycles. The van der Waals surface area contributed by atoms with Gasteiger partial charge in [0.1, 0.15) is 5.75 Å². The molecule has 1 amide bonds. The molecule has 7 heteroatoms. The number of para-hydroxylation sites is 1. The lowest BCUT2D eigenvalue weighted by molar-refractivity contribution is 0.0955. The summed E-state index contributed by atoms with van der Waals surface area (Å²) in [6.45, 7) is 0. The largest absolute Gasteiger partial charge is 0.507 e. The van der Waals surface area contributed by atoms with E-state index in [0.717, 1.165) is 22.1 Å². The molecule has 0 fully saturated rings. The number of hydrogen-bond donors (Lipinski definition) is 3. The van der Waals surface area contributed by atoms with Crippen LogP contribution in [0.1, 0.15) is 15.9 Å². The van der Waals surface area contributed by atoms with Gasteiger partial charge >= 0.3 is 0 Å². The van der Waals surface area contributed by atoms with Crippen LogP contribution in [-0.2, 0) is 0 Å². The zero-order valence-electron chi connectivity index (χ0n) is 15.8. The Labute approximate surface area is 177 Å². The number of amides is 1. The summed E-state index contributed by atoms with van der Waals surface area (Å²) in [6, 6.07) is 23.8. The molecule has 3 N–H and O–H groups in total. The number of phenolic OH excluding ortho intramolecular Hbond substituents is 1. The van der Waals surface area contributed by atoms with E-state index in [9.17, 15) is 9.90 Å². The monoisotopic (exact) mass is 414 g/mol. The number of anilines is 2. The molecule has 0 aliphatic rings. The van der Waals surface area contributed by atoms with Crippen molar-refractivity contribution in [2.24, 2.45) is 5.10 Å². The van der Waals surface area contributed by atoms with Gasteiger partial charge in [0.15, 0.2) is 5.13 Å². The summed E-state index contributed by atoms with van der Waals surface area (Å²) >= 11 is 1.52. The molecular weight excluding hydrogens is 396 g/mol. The number of aromatic hydroxyl groups is 1. The van der Waals surface area contributed by atoms with E-state index in [1.54, 1.807) is 36.4 Å². The summed E-state index contributed by atoms with van der Waals surface area (Å²) < 4.78 is 0. The number of carbonyl (C=O) groups excluding carboxylic acids is 1. The van der Waals surface area contributed by atoms with Crippen molar-refractivity contribution < 1.29 is 9.90 Å². The van der Waals surface area contributed by atoms with Crippen molar-refractivity contribution >= 4 is 34.3 Å². The van der Waals surface area contributed by atoms with Crippen molar-refractivity contribution in [3.63, 3.8) is 0 Å². The molecule has 3 aromatic carbocycles. The second kappa shape index (κ2) is 9.02. The van der Waals surface area contributed by atoms with Gasteiger partial charge in [-0.2, -0.15) is 5.10 Å². The predicted octanol–water partition coefficient (Wildman–Crippen LogP) is 5.02. The number of rotatable bonds is 6. The molecule has 1 heterocycles. The smallest absolute Gasteiger partial charge is 0.271 e. The van der Waals surface area contributed by atoms with Crippen molar-refractivity contribution in [3.8, 4) is 17.0 Å². The first-order valence-electron chi connectivity index (χ1n) is 9.18. The number of hydrogen-bond acceptors (Lipinski definition) is 6. The molecule has 0 atom stereocenters. The average Bonchev–Trinajstić information content (AvgIpc) is 3.25. The van der Waals surface area contributed by atoms with Crippen LogP contribution in [0.25, 0.3) is 11.3 Å². The summed E-state index contributed by atoms with van der Waals surface area (Å²) in [7, 11) is 0. The van der Waals surface area contributed by atoms with Gasteiger partial charge in [0.05, 0.1) is 11.9 Å². The van der Waals surface area contributed by atoms with Gasteiger partial charge in [-0.25, -0.2) is 10.4 Å². The first-order chi connectivity index (χ1) is 14.7. The van der Waals surface area contributed by atoms with Crippen molar-refractivity contribution in [1.29, 1.82) is 0 Å². The molecule has 148 valence electrons. The number of phenols is 1. The second-order valence-corrected chi connectivity index (χ2v) is 7.22. The fourth-order valence-electron chi connectivity index (χ4n) is 2.72. The van der Waals surface area contributed by atoms with Crippen molar-refractivity contribution in [2.75, 3.05) is 5.32 Å². The minimum absolute atomic E-state index is 0.100. The Hall–Kier alpha value is -3.97. The van der Waals surface area contributed by atoms with Crippen LogP contribution >= 0.6 is 11.3 Å². The van der Waals surface area contributed by atoms with Crippen LogP contribution in [0.5, 0.6) is 5.75 Å². The Bertz CT molecular complexity index is 1170. The first-order valence-corrected chi connectivity index (χ1v) is 10.1. The van der Waals surface area contributed by atoms with E-state index in [0.29, 0.717) is 11.1 Å². The fourth-order valence-corrected chi connectivity index (χ4v) is 3.46. The van der Waals surface area contributed by atoms with E-state index in [4.69, 9.17) is 0 Å². The maximum atomic E-state index is 12.2. The lowest BCUT2D eigenvalue weighted by atomic mass is 10.2. The minimum atomic E-state index is -0.339. The molecular formula is C23H18N4O2S. The van der Waals surface area contributed by atoms with Crippen molar-refractivity contribution in [3.05, 3.63) is 95.4 Å². The number of carbonyl (C=O) groups is 1. The van der Waals surface area contributed by atoms with Gasteiger partial charge in [-0.1, -0.05) is 42.5 Å². The van der Waals surface area contributed by atoms with Crippen LogP contribution in [0.4, 0.5) is 10.8 Å². The molecule has 6 nitrogen and oxygen atoms in total. The third-order valence-electron chi connectivity index (χ3n) is 4.28. The Morgan fingerprint density at radius 3 is 2.47 bits per heavy atom. The predicted molar refractivity (Wildman–Crippen MR) is 120 cm³/mol. The molecule has 0 unspecified atom stereocenters. The number of hydrazone groups is 1. The molecule has 0 radical (unpaired) electrons. The standard InChI is InChI=1S/C23H18N4O2S/c28-21-9-5-4-8-18(21)14-24-27-22(29)17-10-12-19(13-11-17)25-23-26-20(15-30-23)16-6-2-1-3-7-16/h1-15,28H,(H,25,26)(H,27,29)/b24-14+. The number of thiazole rings is 1. The molecule has 1 aromatic heterocycles. The highest BCUT2D eigenvalue weighted by molar-refractivity contribution is 7.14. The normalized spacial score (nSPS) is 10.8. The van der Waals surface area contributed by atoms with Gasteiger partial charge in [0.25, 0.3) is 5.91 Å². The Morgan fingerprint density at radius 1 is 0.967 bits per heavy atom. The van der Waals surface area contributed by atoms with Gasteiger partial charge in [0, 0.05) is 27.8 Å². The zero-order valence-corrected chi connectivity index (χ0v) is 16.6. The maximum Gasteiger partial charge on any atom is 0.271 e. The number of nitrogens with zero attached hydrogens (tertiary/aromatic N) is 2. The van der Waals surface area contributed by atoms with E-state index in [1.165, 1.54) is 17.6 Å². The summed E-state index contributed by atoms with van der Waals surface area (Å²) in [5.41, 5.74) is 6.27. The third-order valence-corrected chi connectivity index (χ3v) is 5.04. The zero-order chi connectivity index (χ0) is 20.8. The lowest BCUT2D eigenvalue weighted by Crippen LogP contribution is -2.17. The highest BCUT2D eigenvalue weighted by Crippen LogP contribution is 2.27. The second-order valence-electron chi connectivity index (χ2n) is 6.36. The van der Waals surface area contributed by atoms with Crippen LogP contribution in [-0.4, -0.2) is 22.2 Å². The van der Waals surface area contributed by atoms with E-state index in [2.05, 4.69) is 20.8 Å². The Kier molecular flexibility index (Phi) is 5.82. The van der Waals surface area contributed by atoms with Crippen LogP contribution in [0.15, 0.2) is 89.3 Å². The topological polar surface area (TPSA) is 86.6 Å². The number of nitrogens with one attached hydrogen (secondary N) is 2. The SMILES string of the molecule is O=C(N/N=C/c1ccccc1O)c1ccc(Nc2nc(-c3ccccc3)cs2)cc1. The molecule has 0 spiro atoms. The lowest BCUT2D eigenvalue weighted by Gasteiger charge is -2.04. The van der Waals surface area contributed by atoms with Crippen LogP contribution in [0.3, 0.4) is 0 Å². The molecule has 0 bridgehead atoms. The van der Waals surface area contributed by atoms with E-state index < -0.39 is 0 Å². The van der Waals surface area contributed by atoms with Gasteiger partial charge in [-0.3, -0.25) is 4.79 Å². The van der Waals surface area contributed by atoms with Crippen molar-refractivity contribution in [2.45, 2.75) is 0 Å². The molecule has 30 heavy (non-hydrogen) atoms.